The molecule has 122 valence electrons. The highest BCUT2D eigenvalue weighted by Gasteiger charge is 2.24. The molecular weight excluding hydrogens is 296 g/mol. The molecule has 0 saturated carbocycles. The summed E-state index contributed by atoms with van der Waals surface area (Å²) in [5.41, 5.74) is 4.31. The quantitative estimate of drug-likeness (QED) is 0.759. The molecule has 1 heterocycles. The van der Waals surface area contributed by atoms with E-state index in [1.54, 1.807) is 12.7 Å². The van der Waals surface area contributed by atoms with E-state index in [1.165, 1.54) is 16.7 Å². The van der Waals surface area contributed by atoms with Gasteiger partial charge in [-0.1, -0.05) is 54.6 Å². The van der Waals surface area contributed by atoms with Gasteiger partial charge in [-0.2, -0.15) is 5.10 Å². The van der Waals surface area contributed by atoms with E-state index < -0.39 is 0 Å². The van der Waals surface area contributed by atoms with E-state index in [0.717, 1.165) is 25.8 Å². The van der Waals surface area contributed by atoms with Crippen LogP contribution in [0.4, 0.5) is 0 Å². The predicted molar refractivity (Wildman–Crippen MR) is 94.6 cm³/mol. The van der Waals surface area contributed by atoms with Crippen LogP contribution in [0.5, 0.6) is 0 Å². The van der Waals surface area contributed by atoms with Gasteiger partial charge in [-0.3, -0.25) is 4.68 Å². The second kappa shape index (κ2) is 6.97. The van der Waals surface area contributed by atoms with Crippen LogP contribution in [0.3, 0.4) is 0 Å². The highest BCUT2D eigenvalue weighted by molar-refractivity contribution is 5.33. The Kier molecular flexibility index (Phi) is 4.38. The fraction of sp³-hybridized carbons (Fsp3) is 0.300. The van der Waals surface area contributed by atoms with Crippen LogP contribution in [0.15, 0.2) is 67.3 Å². The van der Waals surface area contributed by atoms with E-state index in [4.69, 9.17) is 0 Å². The number of nitrogens with zero attached hydrogens (tertiary/aromatic N) is 3. The zero-order chi connectivity index (χ0) is 16.2. The van der Waals surface area contributed by atoms with Crippen LogP contribution in [-0.2, 0) is 19.4 Å². The van der Waals surface area contributed by atoms with Crippen molar-refractivity contribution in [3.05, 3.63) is 83.9 Å². The maximum atomic E-state index is 4.22. The Hall–Kier alpha value is -2.46. The summed E-state index contributed by atoms with van der Waals surface area (Å²) < 4.78 is 1.90. The minimum absolute atomic E-state index is 0.328. The highest BCUT2D eigenvalue weighted by atomic mass is 15.3. The van der Waals surface area contributed by atoms with Crippen molar-refractivity contribution in [2.75, 3.05) is 0 Å². The lowest BCUT2D eigenvalue weighted by Crippen LogP contribution is -2.34. The van der Waals surface area contributed by atoms with Gasteiger partial charge in [0.05, 0.1) is 0 Å². The molecule has 1 N–H and O–H groups in total. The van der Waals surface area contributed by atoms with Crippen molar-refractivity contribution in [1.82, 2.24) is 20.1 Å². The number of benzene rings is 2. The van der Waals surface area contributed by atoms with Crippen LogP contribution in [0.1, 0.15) is 29.2 Å². The minimum Gasteiger partial charge on any atom is -0.306 e. The maximum absolute atomic E-state index is 4.22. The van der Waals surface area contributed by atoms with Gasteiger partial charge >= 0.3 is 0 Å². The first-order chi connectivity index (χ1) is 11.9. The Morgan fingerprint density at radius 2 is 1.71 bits per heavy atom. The first-order valence-electron chi connectivity index (χ1n) is 8.58. The summed E-state index contributed by atoms with van der Waals surface area (Å²) in [6, 6.07) is 20.3. The third-order valence-electron chi connectivity index (χ3n) is 4.80. The van der Waals surface area contributed by atoms with Gasteiger partial charge in [0.2, 0.25) is 0 Å². The van der Waals surface area contributed by atoms with Crippen molar-refractivity contribution in [2.45, 2.75) is 37.9 Å². The van der Waals surface area contributed by atoms with Crippen molar-refractivity contribution in [1.29, 1.82) is 0 Å². The molecule has 4 nitrogen and oxygen atoms in total. The van der Waals surface area contributed by atoms with Crippen molar-refractivity contribution in [3.63, 3.8) is 0 Å². The van der Waals surface area contributed by atoms with Gasteiger partial charge in [0.1, 0.15) is 12.7 Å². The molecule has 24 heavy (non-hydrogen) atoms. The van der Waals surface area contributed by atoms with Gasteiger partial charge in [-0.25, -0.2) is 4.98 Å². The van der Waals surface area contributed by atoms with Gasteiger partial charge in [-0.15, -0.1) is 0 Å². The molecule has 0 bridgehead atoms. The number of nitrogens with one attached hydrogen (secondary N) is 1. The molecule has 3 aromatic rings. The SMILES string of the molecule is c1ccc(C(CCn2cncn2)NC2Cc3ccccc3C2)cc1. The number of aromatic nitrogens is 3. The molecule has 0 radical (unpaired) electrons. The fourth-order valence-electron chi connectivity index (χ4n) is 3.60. The van der Waals surface area contributed by atoms with E-state index in [-0.39, 0.29) is 0 Å². The normalized spacial score (nSPS) is 15.3. The molecule has 1 aliphatic carbocycles. The van der Waals surface area contributed by atoms with Crippen LogP contribution in [0, 0.1) is 0 Å². The van der Waals surface area contributed by atoms with Crippen LogP contribution in [-0.4, -0.2) is 20.8 Å². The summed E-state index contributed by atoms with van der Waals surface area (Å²) in [5.74, 6) is 0. The maximum Gasteiger partial charge on any atom is 0.137 e. The van der Waals surface area contributed by atoms with Gasteiger partial charge < -0.3 is 5.32 Å². The minimum atomic E-state index is 0.328. The van der Waals surface area contributed by atoms with E-state index in [2.05, 4.69) is 70.0 Å². The summed E-state index contributed by atoms with van der Waals surface area (Å²) in [6.07, 6.45) is 6.61. The van der Waals surface area contributed by atoms with Gasteiger partial charge in [0, 0.05) is 18.6 Å². The monoisotopic (exact) mass is 318 g/mol. The second-order valence-corrected chi connectivity index (χ2v) is 6.45. The summed E-state index contributed by atoms with van der Waals surface area (Å²) in [5, 5.41) is 8.10. The molecule has 0 fully saturated rings. The van der Waals surface area contributed by atoms with Crippen molar-refractivity contribution in [2.24, 2.45) is 0 Å². The summed E-state index contributed by atoms with van der Waals surface area (Å²) in [7, 11) is 0. The molecule has 1 atom stereocenters. The lowest BCUT2D eigenvalue weighted by atomic mass is 10.0. The molecule has 1 aromatic heterocycles. The zero-order valence-corrected chi connectivity index (χ0v) is 13.7. The van der Waals surface area contributed by atoms with Crippen molar-refractivity contribution < 1.29 is 0 Å². The van der Waals surface area contributed by atoms with Crippen LogP contribution in [0.25, 0.3) is 0 Å². The van der Waals surface area contributed by atoms with Crippen LogP contribution >= 0.6 is 0 Å². The molecule has 0 saturated heterocycles. The Bertz CT molecular complexity index is 742. The molecule has 0 spiro atoms. The average Bonchev–Trinajstić information content (AvgIpc) is 3.28. The summed E-state index contributed by atoms with van der Waals surface area (Å²) >= 11 is 0. The summed E-state index contributed by atoms with van der Waals surface area (Å²) in [6.45, 7) is 0.867. The number of hydrogen-bond donors (Lipinski definition) is 1. The molecule has 2 aromatic carbocycles. The Morgan fingerprint density at radius 3 is 2.38 bits per heavy atom. The Labute approximate surface area is 142 Å². The number of fused-ring (bicyclic) bond motifs is 1. The predicted octanol–water partition coefficient (Wildman–Crippen LogP) is 3.17. The zero-order valence-electron chi connectivity index (χ0n) is 13.7. The smallest absolute Gasteiger partial charge is 0.137 e. The number of rotatable bonds is 6. The van der Waals surface area contributed by atoms with E-state index in [9.17, 15) is 0 Å². The average molecular weight is 318 g/mol. The lowest BCUT2D eigenvalue weighted by Gasteiger charge is -2.23. The van der Waals surface area contributed by atoms with Crippen LogP contribution < -0.4 is 5.32 Å². The molecule has 4 heteroatoms. The standard InChI is InChI=1S/C20H22N4/c1-2-6-16(7-3-1)20(10-11-24-15-21-14-22-24)23-19-12-17-8-4-5-9-18(17)13-19/h1-9,14-15,19-20,23H,10-13H2. The van der Waals surface area contributed by atoms with E-state index in [0.29, 0.717) is 12.1 Å². The topological polar surface area (TPSA) is 42.7 Å². The summed E-state index contributed by atoms with van der Waals surface area (Å²) in [4.78, 5) is 4.03. The molecule has 1 unspecified atom stereocenters. The largest absolute Gasteiger partial charge is 0.306 e. The number of hydrogen-bond acceptors (Lipinski definition) is 3. The number of aryl methyl sites for hydroxylation is 1. The molecule has 1 aliphatic rings. The fourth-order valence-corrected chi connectivity index (χ4v) is 3.60. The molecule has 4 rings (SSSR count). The molecule has 0 aliphatic heterocycles. The Morgan fingerprint density at radius 1 is 1.00 bits per heavy atom. The first kappa shape index (κ1) is 15.1. The Balaban J connectivity index is 1.46. The van der Waals surface area contributed by atoms with Crippen molar-refractivity contribution >= 4 is 0 Å². The van der Waals surface area contributed by atoms with Crippen LogP contribution in [0.2, 0.25) is 0 Å². The lowest BCUT2D eigenvalue weighted by molar-refractivity contribution is 0.396. The third-order valence-corrected chi connectivity index (χ3v) is 4.80. The third kappa shape index (κ3) is 3.39. The second-order valence-electron chi connectivity index (χ2n) is 6.45. The van der Waals surface area contributed by atoms with E-state index >= 15 is 0 Å². The van der Waals surface area contributed by atoms with Gasteiger partial charge in [-0.05, 0) is 36.0 Å². The first-order valence-corrected chi connectivity index (χ1v) is 8.58. The van der Waals surface area contributed by atoms with Gasteiger partial charge in [0.25, 0.3) is 0 Å². The highest BCUT2D eigenvalue weighted by Crippen LogP contribution is 2.25. The van der Waals surface area contributed by atoms with Crippen molar-refractivity contribution in [3.8, 4) is 0 Å². The molecule has 0 amide bonds. The molecular formula is C20H22N4. The van der Waals surface area contributed by atoms with E-state index in [1.807, 2.05) is 4.68 Å². The van der Waals surface area contributed by atoms with Gasteiger partial charge in [0.15, 0.2) is 0 Å².